The molecule has 1 aromatic carbocycles. The molecule has 0 bridgehead atoms. The second kappa shape index (κ2) is 8.96. The van der Waals surface area contributed by atoms with Crippen molar-refractivity contribution in [1.82, 2.24) is 4.98 Å². The zero-order valence-corrected chi connectivity index (χ0v) is 18.0. The van der Waals surface area contributed by atoms with E-state index in [1.807, 2.05) is 0 Å². The SMILES string of the molecule is Cc1c([C@@H]2[C@@H](C(=O)Nc3ccc([C@@H](O)CO)nc3)O[C@@](C)(C(F)(F)F)[C@H]2C)ccc(F)c1F. The summed E-state index contributed by atoms with van der Waals surface area (Å²) in [6, 6.07) is 4.63. The third-order valence-electron chi connectivity index (χ3n) is 6.24. The number of anilines is 1. The first-order valence-electron chi connectivity index (χ1n) is 10.1. The number of rotatable bonds is 5. The highest BCUT2D eigenvalue weighted by atomic mass is 19.4. The number of carbonyl (C=O) groups is 1. The highest BCUT2D eigenvalue weighted by Crippen LogP contribution is 2.54. The van der Waals surface area contributed by atoms with Crippen LogP contribution in [-0.4, -0.2) is 45.6 Å². The summed E-state index contributed by atoms with van der Waals surface area (Å²) in [5.41, 5.74) is -2.66. The third kappa shape index (κ3) is 4.44. The van der Waals surface area contributed by atoms with Gasteiger partial charge < -0.3 is 20.3 Å². The Morgan fingerprint density at radius 1 is 1.27 bits per heavy atom. The summed E-state index contributed by atoms with van der Waals surface area (Å²) in [7, 11) is 0. The van der Waals surface area contributed by atoms with Gasteiger partial charge in [0.05, 0.1) is 24.2 Å². The van der Waals surface area contributed by atoms with Gasteiger partial charge in [-0.1, -0.05) is 13.0 Å². The summed E-state index contributed by atoms with van der Waals surface area (Å²) < 4.78 is 74.8. The number of hydrogen-bond donors (Lipinski definition) is 3. The van der Waals surface area contributed by atoms with Gasteiger partial charge in [-0.3, -0.25) is 9.78 Å². The summed E-state index contributed by atoms with van der Waals surface area (Å²) in [4.78, 5) is 16.9. The first-order chi connectivity index (χ1) is 15.3. The fourth-order valence-corrected chi connectivity index (χ4v) is 4.03. The number of benzene rings is 1. The number of nitrogens with zero attached hydrogens (tertiary/aromatic N) is 1. The lowest BCUT2D eigenvalue weighted by atomic mass is 9.76. The molecule has 180 valence electrons. The smallest absolute Gasteiger partial charge is 0.393 e. The molecule has 1 fully saturated rings. The van der Waals surface area contributed by atoms with Crippen LogP contribution >= 0.6 is 0 Å². The number of hydrogen-bond acceptors (Lipinski definition) is 5. The molecule has 0 aliphatic carbocycles. The van der Waals surface area contributed by atoms with Gasteiger partial charge in [-0.25, -0.2) is 8.78 Å². The number of alkyl halides is 3. The Kier molecular flexibility index (Phi) is 6.79. The van der Waals surface area contributed by atoms with E-state index in [9.17, 15) is 31.9 Å². The molecular weight excluding hydrogens is 451 g/mol. The zero-order valence-electron chi connectivity index (χ0n) is 18.0. The van der Waals surface area contributed by atoms with Crippen LogP contribution in [0.4, 0.5) is 27.6 Å². The average Bonchev–Trinajstić information content (AvgIpc) is 3.04. The Morgan fingerprint density at radius 2 is 1.94 bits per heavy atom. The number of ether oxygens (including phenoxy) is 1. The van der Waals surface area contributed by atoms with E-state index in [1.165, 1.54) is 26.0 Å². The van der Waals surface area contributed by atoms with E-state index in [0.29, 0.717) is 0 Å². The van der Waals surface area contributed by atoms with Crippen LogP contribution in [0, 0.1) is 24.5 Å². The maximum Gasteiger partial charge on any atom is 0.417 e. The largest absolute Gasteiger partial charge is 0.417 e. The molecule has 0 radical (unpaired) electrons. The molecule has 1 aromatic heterocycles. The number of amides is 1. The van der Waals surface area contributed by atoms with Crippen LogP contribution in [0.1, 0.15) is 42.7 Å². The van der Waals surface area contributed by atoms with Gasteiger partial charge in [0.15, 0.2) is 17.2 Å². The summed E-state index contributed by atoms with van der Waals surface area (Å²) in [5.74, 6) is -5.83. The van der Waals surface area contributed by atoms with E-state index in [-0.39, 0.29) is 22.5 Å². The van der Waals surface area contributed by atoms with E-state index in [0.717, 1.165) is 25.3 Å². The first kappa shape index (κ1) is 25.0. The lowest BCUT2D eigenvalue weighted by Gasteiger charge is -2.32. The minimum Gasteiger partial charge on any atom is -0.393 e. The molecule has 2 heterocycles. The second-order valence-corrected chi connectivity index (χ2v) is 8.19. The Labute approximate surface area is 186 Å². The lowest BCUT2D eigenvalue weighted by molar-refractivity contribution is -0.272. The first-order valence-corrected chi connectivity index (χ1v) is 10.1. The van der Waals surface area contributed by atoms with Crippen molar-refractivity contribution in [2.45, 2.75) is 50.7 Å². The molecular formula is C22H23F5N2O4. The van der Waals surface area contributed by atoms with Gasteiger partial charge in [0.2, 0.25) is 0 Å². The molecule has 2 aromatic rings. The molecule has 1 amide bonds. The topological polar surface area (TPSA) is 91.7 Å². The van der Waals surface area contributed by atoms with Gasteiger partial charge in [0.25, 0.3) is 5.91 Å². The number of aromatic nitrogens is 1. The summed E-state index contributed by atoms with van der Waals surface area (Å²) in [6.45, 7) is 2.73. The molecule has 11 heteroatoms. The normalized spacial score (nSPS) is 26.3. The molecule has 0 unspecified atom stereocenters. The number of pyridine rings is 1. The lowest BCUT2D eigenvalue weighted by Crippen LogP contribution is -2.47. The molecule has 0 saturated carbocycles. The van der Waals surface area contributed by atoms with Crippen LogP contribution in [0.25, 0.3) is 0 Å². The minimum atomic E-state index is -4.84. The molecule has 3 rings (SSSR count). The molecule has 1 aliphatic rings. The monoisotopic (exact) mass is 474 g/mol. The van der Waals surface area contributed by atoms with E-state index in [2.05, 4.69) is 10.3 Å². The van der Waals surface area contributed by atoms with Crippen LogP contribution in [0.3, 0.4) is 0 Å². The molecule has 0 spiro atoms. The van der Waals surface area contributed by atoms with Gasteiger partial charge >= 0.3 is 6.18 Å². The van der Waals surface area contributed by atoms with Crippen molar-refractivity contribution in [2.75, 3.05) is 11.9 Å². The maximum atomic E-state index is 14.2. The molecule has 1 aliphatic heterocycles. The van der Waals surface area contributed by atoms with Gasteiger partial charge in [-0.05, 0) is 43.2 Å². The average molecular weight is 474 g/mol. The van der Waals surface area contributed by atoms with Gasteiger partial charge in [-0.2, -0.15) is 13.2 Å². The van der Waals surface area contributed by atoms with Crippen molar-refractivity contribution in [3.8, 4) is 0 Å². The van der Waals surface area contributed by atoms with Crippen molar-refractivity contribution in [2.24, 2.45) is 5.92 Å². The molecule has 3 N–H and O–H groups in total. The van der Waals surface area contributed by atoms with E-state index in [1.54, 1.807) is 0 Å². The van der Waals surface area contributed by atoms with Crippen LogP contribution in [0.2, 0.25) is 0 Å². The van der Waals surface area contributed by atoms with Gasteiger partial charge in [0.1, 0.15) is 12.2 Å². The van der Waals surface area contributed by atoms with E-state index >= 15 is 0 Å². The highest BCUT2D eigenvalue weighted by Gasteiger charge is 2.65. The van der Waals surface area contributed by atoms with Crippen molar-refractivity contribution in [3.63, 3.8) is 0 Å². The van der Waals surface area contributed by atoms with Crippen molar-refractivity contribution in [1.29, 1.82) is 0 Å². The van der Waals surface area contributed by atoms with Gasteiger partial charge in [-0.15, -0.1) is 0 Å². The van der Waals surface area contributed by atoms with Gasteiger partial charge in [0, 0.05) is 11.8 Å². The van der Waals surface area contributed by atoms with Crippen molar-refractivity contribution < 1.29 is 41.7 Å². The Balaban J connectivity index is 1.98. The van der Waals surface area contributed by atoms with Crippen LogP contribution < -0.4 is 5.32 Å². The van der Waals surface area contributed by atoms with Crippen molar-refractivity contribution in [3.05, 3.63) is 58.9 Å². The van der Waals surface area contributed by atoms with Crippen LogP contribution in [0.15, 0.2) is 30.5 Å². The molecule has 5 atom stereocenters. The number of halogens is 5. The van der Waals surface area contributed by atoms with Crippen LogP contribution in [0.5, 0.6) is 0 Å². The fraction of sp³-hybridized carbons (Fsp3) is 0.455. The van der Waals surface area contributed by atoms with Crippen LogP contribution in [-0.2, 0) is 9.53 Å². The Bertz CT molecular complexity index is 1030. The number of nitrogens with one attached hydrogen (secondary N) is 1. The molecule has 33 heavy (non-hydrogen) atoms. The number of carbonyl (C=O) groups excluding carboxylic acids is 1. The summed E-state index contributed by atoms with van der Waals surface area (Å²) in [6.07, 6.45) is -6.58. The summed E-state index contributed by atoms with van der Waals surface area (Å²) in [5, 5.41) is 21.0. The Hall–Kier alpha value is -2.63. The quantitative estimate of drug-likeness (QED) is 0.574. The standard InChI is InChI=1S/C22H23F5N2O4/c1-10-13(5-6-14(23)18(10)24)17-11(2)21(3,22(25,26)27)33-19(17)20(32)29-12-4-7-15(28-8-12)16(31)9-30/h4-8,11,16-17,19,30-31H,9H2,1-3H3,(H,29,32)/t11-,16-,17+,19-,21+/m0/s1. The molecule has 6 nitrogen and oxygen atoms in total. The van der Waals surface area contributed by atoms with Crippen molar-refractivity contribution >= 4 is 11.6 Å². The minimum absolute atomic E-state index is 0.0362. The summed E-state index contributed by atoms with van der Waals surface area (Å²) >= 11 is 0. The Morgan fingerprint density at radius 3 is 2.48 bits per heavy atom. The highest BCUT2D eigenvalue weighted by molar-refractivity contribution is 5.95. The zero-order chi connectivity index (χ0) is 24.7. The number of aliphatic hydroxyl groups is 2. The van der Waals surface area contributed by atoms with E-state index in [4.69, 9.17) is 9.84 Å². The molecule has 1 saturated heterocycles. The third-order valence-corrected chi connectivity index (χ3v) is 6.24. The second-order valence-electron chi connectivity index (χ2n) is 8.19. The van der Waals surface area contributed by atoms with E-state index < -0.39 is 60.0 Å². The number of aliphatic hydroxyl groups excluding tert-OH is 2. The predicted molar refractivity (Wildman–Crippen MR) is 107 cm³/mol. The fourth-order valence-electron chi connectivity index (χ4n) is 4.03. The predicted octanol–water partition coefficient (Wildman–Crippen LogP) is 3.77. The maximum absolute atomic E-state index is 14.2.